The van der Waals surface area contributed by atoms with Crippen LogP contribution in [-0.4, -0.2) is 11.7 Å². The predicted octanol–water partition coefficient (Wildman–Crippen LogP) is 5.86. The summed E-state index contributed by atoms with van der Waals surface area (Å²) in [5, 5.41) is 3.11. The number of nitrogens with one attached hydrogen (secondary N) is 1. The van der Waals surface area contributed by atoms with Crippen molar-refractivity contribution in [1.29, 1.82) is 0 Å². The number of alkyl carbamates (subject to hydrolysis) is 1. The first-order valence-electron chi connectivity index (χ1n) is 8.91. The summed E-state index contributed by atoms with van der Waals surface area (Å²) in [4.78, 5) is 12.3. The van der Waals surface area contributed by atoms with E-state index in [4.69, 9.17) is 4.74 Å². The van der Waals surface area contributed by atoms with E-state index in [9.17, 15) is 4.79 Å². The van der Waals surface area contributed by atoms with Crippen LogP contribution in [0.5, 0.6) is 0 Å². The molecular formula is C20H33NO2. The highest BCUT2D eigenvalue weighted by Gasteiger charge is 2.25. The lowest BCUT2D eigenvalue weighted by molar-refractivity contribution is 0.0481. The number of unbranched alkanes of at least 4 members (excludes halogenated alkanes) is 2. The molecule has 1 aromatic rings. The summed E-state index contributed by atoms with van der Waals surface area (Å²) in [6.07, 6.45) is 5.49. The molecule has 0 aromatic heterocycles. The van der Waals surface area contributed by atoms with E-state index in [1.165, 1.54) is 19.3 Å². The zero-order valence-electron chi connectivity index (χ0n) is 15.4. The van der Waals surface area contributed by atoms with Crippen LogP contribution >= 0.6 is 0 Å². The van der Waals surface area contributed by atoms with Crippen molar-refractivity contribution in [3.05, 3.63) is 35.9 Å². The second-order valence-corrected chi connectivity index (χ2v) is 7.20. The van der Waals surface area contributed by atoms with Gasteiger partial charge in [-0.3, -0.25) is 0 Å². The van der Waals surface area contributed by atoms with E-state index in [1.807, 2.05) is 39.0 Å². The summed E-state index contributed by atoms with van der Waals surface area (Å²) in [6, 6.07) is 10.2. The normalized spacial score (nSPS) is 14.1. The molecule has 0 unspecified atom stereocenters. The minimum absolute atomic E-state index is 0.00732. The Morgan fingerprint density at radius 3 is 2.30 bits per heavy atom. The Bertz CT molecular complexity index is 450. The molecule has 0 aliphatic heterocycles. The zero-order valence-corrected chi connectivity index (χ0v) is 15.4. The molecule has 3 heteroatoms. The molecule has 23 heavy (non-hydrogen) atoms. The molecule has 0 saturated carbocycles. The smallest absolute Gasteiger partial charge is 0.408 e. The number of carbonyl (C=O) groups is 1. The van der Waals surface area contributed by atoms with Crippen LogP contribution in [0.3, 0.4) is 0 Å². The fourth-order valence-electron chi connectivity index (χ4n) is 2.83. The van der Waals surface area contributed by atoms with Crippen LogP contribution in [0.15, 0.2) is 30.3 Å². The Hall–Kier alpha value is -1.51. The second-order valence-electron chi connectivity index (χ2n) is 7.20. The number of hydrogen-bond donors (Lipinski definition) is 1. The Morgan fingerprint density at radius 1 is 1.13 bits per heavy atom. The number of amides is 1. The number of carbonyl (C=O) groups excluding carboxylic acids is 1. The maximum Gasteiger partial charge on any atom is 0.408 e. The van der Waals surface area contributed by atoms with Gasteiger partial charge in [-0.1, -0.05) is 69.9 Å². The Balaban J connectivity index is 2.86. The summed E-state index contributed by atoms with van der Waals surface area (Å²) in [5.41, 5.74) is 0.677. The summed E-state index contributed by atoms with van der Waals surface area (Å²) in [5.74, 6) is 0.427. The molecule has 0 bridgehead atoms. The SMILES string of the molecule is CCCCC[C@@H](CC)[C@H](NC(=O)OC(C)(C)C)c1ccccc1. The monoisotopic (exact) mass is 319 g/mol. The lowest BCUT2D eigenvalue weighted by Crippen LogP contribution is -2.37. The average molecular weight is 319 g/mol. The van der Waals surface area contributed by atoms with Gasteiger partial charge in [-0.2, -0.15) is 0 Å². The maximum atomic E-state index is 12.3. The van der Waals surface area contributed by atoms with Crippen molar-refractivity contribution in [3.8, 4) is 0 Å². The van der Waals surface area contributed by atoms with E-state index in [2.05, 4.69) is 31.3 Å². The van der Waals surface area contributed by atoms with Crippen LogP contribution in [0.1, 0.15) is 78.3 Å². The number of hydrogen-bond acceptors (Lipinski definition) is 2. The van der Waals surface area contributed by atoms with E-state index in [0.29, 0.717) is 5.92 Å². The standard InChI is InChI=1S/C20H33NO2/c1-6-8-10-13-16(7-2)18(17-14-11-9-12-15-17)21-19(22)23-20(3,4)5/h9,11-12,14-16,18H,6-8,10,13H2,1-5H3,(H,21,22)/t16-,18+/m1/s1. The largest absolute Gasteiger partial charge is 0.444 e. The summed E-state index contributed by atoms with van der Waals surface area (Å²) in [6.45, 7) is 10.1. The molecule has 1 N–H and O–H groups in total. The third-order valence-corrected chi connectivity index (χ3v) is 4.01. The molecule has 0 aliphatic carbocycles. The van der Waals surface area contributed by atoms with Gasteiger partial charge in [0, 0.05) is 0 Å². The topological polar surface area (TPSA) is 38.3 Å². The van der Waals surface area contributed by atoms with Crippen LogP contribution < -0.4 is 5.32 Å². The Kier molecular flexibility index (Phi) is 8.15. The van der Waals surface area contributed by atoms with Crippen LogP contribution in [0.25, 0.3) is 0 Å². The van der Waals surface area contributed by atoms with Crippen LogP contribution in [0, 0.1) is 5.92 Å². The minimum Gasteiger partial charge on any atom is -0.444 e. The molecule has 0 heterocycles. The third-order valence-electron chi connectivity index (χ3n) is 4.01. The molecular weight excluding hydrogens is 286 g/mol. The molecule has 0 saturated heterocycles. The lowest BCUT2D eigenvalue weighted by Gasteiger charge is -2.29. The van der Waals surface area contributed by atoms with Gasteiger partial charge in [0.25, 0.3) is 0 Å². The third kappa shape index (κ3) is 7.54. The maximum absolute atomic E-state index is 12.3. The molecule has 0 radical (unpaired) electrons. The molecule has 0 spiro atoms. The summed E-state index contributed by atoms with van der Waals surface area (Å²) < 4.78 is 5.46. The first kappa shape index (κ1) is 19.5. The van der Waals surface area contributed by atoms with Crippen molar-refractivity contribution in [3.63, 3.8) is 0 Å². The number of rotatable bonds is 8. The van der Waals surface area contributed by atoms with Gasteiger partial charge in [0.05, 0.1) is 6.04 Å². The van der Waals surface area contributed by atoms with E-state index in [1.54, 1.807) is 0 Å². The van der Waals surface area contributed by atoms with Gasteiger partial charge >= 0.3 is 6.09 Å². The van der Waals surface area contributed by atoms with Gasteiger partial charge in [-0.15, -0.1) is 0 Å². The highest BCUT2D eigenvalue weighted by molar-refractivity contribution is 5.68. The highest BCUT2D eigenvalue weighted by Crippen LogP contribution is 2.29. The molecule has 1 amide bonds. The van der Waals surface area contributed by atoms with Gasteiger partial charge in [0.15, 0.2) is 0 Å². The summed E-state index contributed by atoms with van der Waals surface area (Å²) >= 11 is 0. The van der Waals surface area contributed by atoms with Crippen LogP contribution in [0.2, 0.25) is 0 Å². The fourth-order valence-corrected chi connectivity index (χ4v) is 2.83. The first-order valence-corrected chi connectivity index (χ1v) is 8.91. The lowest BCUT2D eigenvalue weighted by atomic mass is 9.86. The van der Waals surface area contributed by atoms with E-state index >= 15 is 0 Å². The predicted molar refractivity (Wildman–Crippen MR) is 96.5 cm³/mol. The Labute approximate surface area is 141 Å². The van der Waals surface area contributed by atoms with Crippen molar-refractivity contribution in [2.75, 3.05) is 0 Å². The number of benzene rings is 1. The van der Waals surface area contributed by atoms with Crippen LogP contribution in [-0.2, 0) is 4.74 Å². The van der Waals surface area contributed by atoms with Crippen molar-refractivity contribution in [1.82, 2.24) is 5.32 Å². The molecule has 130 valence electrons. The first-order chi connectivity index (χ1) is 10.9. The van der Waals surface area contributed by atoms with Gasteiger partial charge < -0.3 is 10.1 Å². The number of ether oxygens (including phenoxy) is 1. The molecule has 1 rings (SSSR count). The van der Waals surface area contributed by atoms with Crippen molar-refractivity contribution >= 4 is 6.09 Å². The fraction of sp³-hybridized carbons (Fsp3) is 0.650. The van der Waals surface area contributed by atoms with Gasteiger partial charge in [0.2, 0.25) is 0 Å². The van der Waals surface area contributed by atoms with Gasteiger partial charge in [0.1, 0.15) is 5.60 Å². The van der Waals surface area contributed by atoms with E-state index in [-0.39, 0.29) is 12.1 Å². The molecule has 2 atom stereocenters. The van der Waals surface area contributed by atoms with E-state index < -0.39 is 5.60 Å². The van der Waals surface area contributed by atoms with E-state index in [0.717, 1.165) is 18.4 Å². The summed E-state index contributed by atoms with van der Waals surface area (Å²) in [7, 11) is 0. The van der Waals surface area contributed by atoms with Crippen LogP contribution in [0.4, 0.5) is 4.79 Å². The minimum atomic E-state index is -0.477. The molecule has 3 nitrogen and oxygen atoms in total. The molecule has 1 aromatic carbocycles. The van der Waals surface area contributed by atoms with Crippen molar-refractivity contribution in [2.45, 2.75) is 78.4 Å². The molecule has 0 aliphatic rings. The zero-order chi connectivity index (χ0) is 17.3. The van der Waals surface area contributed by atoms with Gasteiger partial charge in [-0.25, -0.2) is 4.79 Å². The quantitative estimate of drug-likeness (QED) is 0.609. The Morgan fingerprint density at radius 2 is 1.78 bits per heavy atom. The van der Waals surface area contributed by atoms with Crippen molar-refractivity contribution in [2.24, 2.45) is 5.92 Å². The highest BCUT2D eigenvalue weighted by atomic mass is 16.6. The second kappa shape index (κ2) is 9.59. The molecule has 0 fully saturated rings. The average Bonchev–Trinajstić information content (AvgIpc) is 2.49. The van der Waals surface area contributed by atoms with Gasteiger partial charge in [-0.05, 0) is 38.7 Å². The van der Waals surface area contributed by atoms with Crippen molar-refractivity contribution < 1.29 is 9.53 Å².